The Morgan fingerprint density at radius 3 is 2.41 bits per heavy atom. The van der Waals surface area contributed by atoms with Gasteiger partial charge in [-0.1, -0.05) is 60.7 Å². The van der Waals surface area contributed by atoms with Gasteiger partial charge in [0.1, 0.15) is 6.61 Å². The van der Waals surface area contributed by atoms with E-state index in [9.17, 15) is 0 Å². The van der Waals surface area contributed by atoms with Gasteiger partial charge in [0.15, 0.2) is 0 Å². The van der Waals surface area contributed by atoms with E-state index < -0.39 is 0 Å². The first kappa shape index (κ1) is 14.6. The Labute approximate surface area is 132 Å². The van der Waals surface area contributed by atoms with Crippen LogP contribution in [0.3, 0.4) is 0 Å². The molecule has 3 rings (SSSR count). The maximum atomic E-state index is 5.72. The molecule has 0 aromatic heterocycles. The predicted molar refractivity (Wildman–Crippen MR) is 90.0 cm³/mol. The van der Waals surface area contributed by atoms with Crippen molar-refractivity contribution in [3.8, 4) is 0 Å². The molecule has 1 fully saturated rings. The van der Waals surface area contributed by atoms with Crippen molar-refractivity contribution in [3.05, 3.63) is 71.8 Å². The highest BCUT2D eigenvalue weighted by Crippen LogP contribution is 2.24. The van der Waals surface area contributed by atoms with Crippen LogP contribution in [0.5, 0.6) is 0 Å². The number of hydrogen-bond donors (Lipinski definition) is 0. The number of amidine groups is 1. The second-order valence-electron chi connectivity index (χ2n) is 5.46. The average molecular weight is 294 g/mol. The summed E-state index contributed by atoms with van der Waals surface area (Å²) in [4.78, 5) is 7.11. The maximum Gasteiger partial charge on any atom is 0.288 e. The lowest BCUT2D eigenvalue weighted by Gasteiger charge is -2.18. The number of nitrogens with zero attached hydrogens (tertiary/aromatic N) is 2. The fourth-order valence-corrected chi connectivity index (χ4v) is 2.73. The first-order chi connectivity index (χ1) is 10.9. The van der Waals surface area contributed by atoms with E-state index in [0.29, 0.717) is 0 Å². The van der Waals surface area contributed by atoms with Gasteiger partial charge < -0.3 is 9.64 Å². The molecule has 22 heavy (non-hydrogen) atoms. The monoisotopic (exact) mass is 294 g/mol. The van der Waals surface area contributed by atoms with E-state index in [1.54, 1.807) is 0 Å². The third kappa shape index (κ3) is 3.48. The molecule has 1 saturated heterocycles. The fraction of sp³-hybridized carbons (Fsp3) is 0.316. The van der Waals surface area contributed by atoms with Gasteiger partial charge in [-0.25, -0.2) is 4.99 Å². The Hall–Kier alpha value is -2.29. The third-order valence-corrected chi connectivity index (χ3v) is 3.97. The van der Waals surface area contributed by atoms with Crippen LogP contribution in [-0.4, -0.2) is 30.6 Å². The number of rotatable bonds is 5. The summed E-state index contributed by atoms with van der Waals surface area (Å²) in [7, 11) is 0. The molecule has 1 atom stereocenters. The van der Waals surface area contributed by atoms with Crippen LogP contribution in [0.1, 0.15) is 24.1 Å². The van der Waals surface area contributed by atoms with Gasteiger partial charge in [-0.05, 0) is 24.5 Å². The number of hydrogen-bond acceptors (Lipinski definition) is 2. The van der Waals surface area contributed by atoms with E-state index in [-0.39, 0.29) is 6.04 Å². The largest absolute Gasteiger partial charge is 0.463 e. The maximum absolute atomic E-state index is 5.72. The zero-order chi connectivity index (χ0) is 15.2. The van der Waals surface area contributed by atoms with E-state index >= 15 is 0 Å². The normalized spacial score (nSPS) is 17.5. The summed E-state index contributed by atoms with van der Waals surface area (Å²) in [6.45, 7) is 4.74. The minimum absolute atomic E-state index is 0.0887. The number of benzene rings is 2. The highest BCUT2D eigenvalue weighted by Gasteiger charge is 2.21. The SMILES string of the molecule is CCN1CCOC1=NC(Cc1ccccc1)c1ccccc1. The first-order valence-corrected chi connectivity index (χ1v) is 7.91. The molecule has 1 unspecified atom stereocenters. The summed E-state index contributed by atoms with van der Waals surface area (Å²) in [5.74, 6) is 0. The molecule has 3 nitrogen and oxygen atoms in total. The van der Waals surface area contributed by atoms with E-state index in [0.717, 1.165) is 32.1 Å². The summed E-state index contributed by atoms with van der Waals surface area (Å²) >= 11 is 0. The highest BCUT2D eigenvalue weighted by molar-refractivity contribution is 5.75. The molecule has 2 aromatic rings. The minimum Gasteiger partial charge on any atom is -0.463 e. The van der Waals surface area contributed by atoms with Gasteiger partial charge in [-0.3, -0.25) is 0 Å². The lowest BCUT2D eigenvalue weighted by Crippen LogP contribution is -2.26. The summed E-state index contributed by atoms with van der Waals surface area (Å²) in [5, 5.41) is 0. The van der Waals surface area contributed by atoms with Crippen LogP contribution in [-0.2, 0) is 11.2 Å². The Morgan fingerprint density at radius 2 is 1.73 bits per heavy atom. The van der Waals surface area contributed by atoms with Crippen molar-refractivity contribution in [2.24, 2.45) is 4.99 Å². The first-order valence-electron chi connectivity index (χ1n) is 7.91. The molecule has 114 valence electrons. The molecule has 0 amide bonds. The minimum atomic E-state index is 0.0887. The Kier molecular flexibility index (Phi) is 4.74. The summed E-state index contributed by atoms with van der Waals surface area (Å²) < 4.78 is 5.72. The van der Waals surface area contributed by atoms with Crippen molar-refractivity contribution >= 4 is 6.02 Å². The highest BCUT2D eigenvalue weighted by atomic mass is 16.5. The molecule has 3 heteroatoms. The number of ether oxygens (including phenoxy) is 1. The summed E-state index contributed by atoms with van der Waals surface area (Å²) in [6, 6.07) is 21.9. The molecule has 0 aliphatic carbocycles. The molecular weight excluding hydrogens is 272 g/mol. The van der Waals surface area contributed by atoms with E-state index in [1.807, 2.05) is 12.1 Å². The molecule has 0 spiro atoms. The second-order valence-corrected chi connectivity index (χ2v) is 5.46. The van der Waals surface area contributed by atoms with Gasteiger partial charge in [0, 0.05) is 6.54 Å². The zero-order valence-electron chi connectivity index (χ0n) is 13.0. The standard InChI is InChI=1S/C19H22N2O/c1-2-21-13-14-22-19(21)20-18(17-11-7-4-8-12-17)15-16-9-5-3-6-10-16/h3-12,18H,2,13-15H2,1H3. The van der Waals surface area contributed by atoms with Gasteiger partial charge in [0.2, 0.25) is 0 Å². The Morgan fingerprint density at radius 1 is 1.05 bits per heavy atom. The van der Waals surface area contributed by atoms with E-state index in [2.05, 4.69) is 60.4 Å². The smallest absolute Gasteiger partial charge is 0.288 e. The van der Waals surface area contributed by atoms with Crippen molar-refractivity contribution in [2.75, 3.05) is 19.7 Å². The molecule has 0 saturated carbocycles. The number of likely N-dealkylation sites (N-methyl/N-ethyl adjacent to an activating group) is 1. The van der Waals surface area contributed by atoms with Crippen molar-refractivity contribution in [1.29, 1.82) is 0 Å². The average Bonchev–Trinajstić information content (AvgIpc) is 3.03. The van der Waals surface area contributed by atoms with Crippen LogP contribution in [0.15, 0.2) is 65.7 Å². The van der Waals surface area contributed by atoms with Crippen LogP contribution < -0.4 is 0 Å². The molecule has 0 N–H and O–H groups in total. The molecule has 0 radical (unpaired) electrons. The van der Waals surface area contributed by atoms with Crippen molar-refractivity contribution < 1.29 is 4.74 Å². The van der Waals surface area contributed by atoms with Crippen LogP contribution in [0.4, 0.5) is 0 Å². The second kappa shape index (κ2) is 7.12. The predicted octanol–water partition coefficient (Wildman–Crippen LogP) is 3.68. The van der Waals surface area contributed by atoms with Gasteiger partial charge in [0.25, 0.3) is 6.02 Å². The van der Waals surface area contributed by atoms with E-state index in [4.69, 9.17) is 9.73 Å². The van der Waals surface area contributed by atoms with Crippen molar-refractivity contribution in [3.63, 3.8) is 0 Å². The van der Waals surface area contributed by atoms with Crippen LogP contribution in [0, 0.1) is 0 Å². The van der Waals surface area contributed by atoms with E-state index in [1.165, 1.54) is 11.1 Å². The molecule has 1 aliphatic rings. The van der Waals surface area contributed by atoms with Crippen molar-refractivity contribution in [1.82, 2.24) is 4.90 Å². The third-order valence-electron chi connectivity index (χ3n) is 3.97. The van der Waals surface area contributed by atoms with Crippen molar-refractivity contribution in [2.45, 2.75) is 19.4 Å². The summed E-state index contributed by atoms with van der Waals surface area (Å²) in [6.07, 6.45) is 0.884. The molecule has 1 aliphatic heterocycles. The fourth-order valence-electron chi connectivity index (χ4n) is 2.73. The number of aliphatic imine (C=N–C) groups is 1. The van der Waals surface area contributed by atoms with Gasteiger partial charge in [0.05, 0.1) is 12.6 Å². The Bertz CT molecular complexity index is 610. The van der Waals surface area contributed by atoms with Gasteiger partial charge in [-0.2, -0.15) is 0 Å². The van der Waals surface area contributed by atoms with Crippen LogP contribution in [0.25, 0.3) is 0 Å². The van der Waals surface area contributed by atoms with Gasteiger partial charge >= 0.3 is 0 Å². The van der Waals surface area contributed by atoms with Crippen LogP contribution in [0.2, 0.25) is 0 Å². The molecule has 1 heterocycles. The topological polar surface area (TPSA) is 24.8 Å². The molecule has 0 bridgehead atoms. The Balaban J connectivity index is 1.88. The molecular formula is C19H22N2O. The summed E-state index contributed by atoms with van der Waals surface area (Å²) in [5.41, 5.74) is 2.52. The quantitative estimate of drug-likeness (QED) is 0.840. The van der Waals surface area contributed by atoms with Gasteiger partial charge in [-0.15, -0.1) is 0 Å². The zero-order valence-corrected chi connectivity index (χ0v) is 13.0. The lowest BCUT2D eigenvalue weighted by atomic mass is 9.99. The lowest BCUT2D eigenvalue weighted by molar-refractivity contribution is 0.347. The van der Waals surface area contributed by atoms with Crippen LogP contribution >= 0.6 is 0 Å². The molecule has 2 aromatic carbocycles.